The van der Waals surface area contributed by atoms with E-state index in [9.17, 15) is 9.59 Å². The van der Waals surface area contributed by atoms with Gasteiger partial charge in [0.2, 0.25) is 0 Å². The maximum Gasteiger partial charge on any atom is 0.313 e. The minimum Gasteiger partial charge on any atom is -0.497 e. The highest BCUT2D eigenvalue weighted by atomic mass is 16.5. The summed E-state index contributed by atoms with van der Waals surface area (Å²) in [4.78, 5) is 30.1. The fraction of sp³-hybridized carbons (Fsp3) is 0.389. The molecule has 8 nitrogen and oxygen atoms in total. The Hall–Kier alpha value is -4.14. The Bertz CT molecular complexity index is 1480. The predicted octanol–water partition coefficient (Wildman–Crippen LogP) is 5.62. The zero-order chi connectivity index (χ0) is 31.1. The van der Waals surface area contributed by atoms with E-state index in [0.29, 0.717) is 26.3 Å². The summed E-state index contributed by atoms with van der Waals surface area (Å²) in [6.07, 6.45) is 0. The summed E-state index contributed by atoms with van der Waals surface area (Å²) in [5.74, 6) is 0.523. The first-order chi connectivity index (χ1) is 21.3. The van der Waals surface area contributed by atoms with E-state index in [2.05, 4.69) is 9.80 Å². The number of rotatable bonds is 12. The van der Waals surface area contributed by atoms with E-state index in [1.807, 2.05) is 86.6 Å². The van der Waals surface area contributed by atoms with E-state index in [4.69, 9.17) is 18.9 Å². The van der Waals surface area contributed by atoms with Gasteiger partial charge in [-0.25, -0.2) is 0 Å². The summed E-state index contributed by atoms with van der Waals surface area (Å²) >= 11 is 0. The predicted molar refractivity (Wildman–Crippen MR) is 173 cm³/mol. The molecule has 0 bridgehead atoms. The van der Waals surface area contributed by atoms with Crippen LogP contribution in [0.25, 0.3) is 21.5 Å². The van der Waals surface area contributed by atoms with Gasteiger partial charge in [-0.05, 0) is 70.8 Å². The van der Waals surface area contributed by atoms with Gasteiger partial charge in [-0.2, -0.15) is 0 Å². The van der Waals surface area contributed by atoms with Crippen LogP contribution >= 0.6 is 0 Å². The van der Waals surface area contributed by atoms with Crippen molar-refractivity contribution in [3.8, 4) is 11.5 Å². The van der Waals surface area contributed by atoms with Crippen molar-refractivity contribution in [3.63, 3.8) is 0 Å². The molecule has 2 unspecified atom stereocenters. The van der Waals surface area contributed by atoms with Gasteiger partial charge < -0.3 is 18.9 Å². The van der Waals surface area contributed by atoms with Crippen molar-refractivity contribution in [1.29, 1.82) is 0 Å². The summed E-state index contributed by atoms with van der Waals surface area (Å²) in [7, 11) is 3.31. The molecule has 1 heterocycles. The lowest BCUT2D eigenvalue weighted by atomic mass is 9.98. The molecule has 0 saturated carbocycles. The molecule has 1 fully saturated rings. The highest BCUT2D eigenvalue weighted by Gasteiger charge is 2.21. The highest BCUT2D eigenvalue weighted by Crippen LogP contribution is 2.27. The Balaban J connectivity index is 0.990. The second kappa shape index (κ2) is 14.6. The van der Waals surface area contributed by atoms with Crippen molar-refractivity contribution in [1.82, 2.24) is 9.80 Å². The Labute approximate surface area is 259 Å². The molecule has 1 aliphatic heterocycles. The maximum absolute atomic E-state index is 12.8. The van der Waals surface area contributed by atoms with Gasteiger partial charge in [-0.15, -0.1) is 0 Å². The quantitative estimate of drug-likeness (QED) is 0.195. The lowest BCUT2D eigenvalue weighted by molar-refractivity contribution is -0.147. The van der Waals surface area contributed by atoms with Crippen molar-refractivity contribution in [2.24, 2.45) is 0 Å². The number of benzene rings is 4. The van der Waals surface area contributed by atoms with Crippen LogP contribution < -0.4 is 9.47 Å². The van der Waals surface area contributed by atoms with Crippen LogP contribution in [-0.4, -0.2) is 88.4 Å². The summed E-state index contributed by atoms with van der Waals surface area (Å²) in [5.41, 5.74) is 1.88. The van der Waals surface area contributed by atoms with Crippen molar-refractivity contribution in [3.05, 3.63) is 83.9 Å². The molecular formula is C36H42N2O6. The van der Waals surface area contributed by atoms with Gasteiger partial charge in [0.15, 0.2) is 0 Å². The monoisotopic (exact) mass is 598 g/mol. The van der Waals surface area contributed by atoms with E-state index < -0.39 is 0 Å². The number of ether oxygens (including phenoxy) is 4. The molecule has 4 aromatic rings. The standard InChI is InChI=1S/C36H42N2O6/c1-25(27-5-7-31-23-33(41-3)11-9-29(31)21-27)35(39)43-19-17-37-13-15-38(16-14-37)18-20-44-36(40)26(2)28-6-8-32-24-34(42-4)12-10-30(32)22-28/h5-12,21-26H,13-20H2,1-4H3. The Morgan fingerprint density at radius 3 is 1.34 bits per heavy atom. The van der Waals surface area contributed by atoms with Crippen LogP contribution in [0.5, 0.6) is 11.5 Å². The van der Waals surface area contributed by atoms with Gasteiger partial charge in [0, 0.05) is 39.3 Å². The molecule has 0 amide bonds. The first-order valence-electron chi connectivity index (χ1n) is 15.3. The fourth-order valence-corrected chi connectivity index (χ4v) is 5.59. The fourth-order valence-electron chi connectivity index (χ4n) is 5.59. The molecule has 1 saturated heterocycles. The van der Waals surface area contributed by atoms with Gasteiger partial charge in [0.05, 0.1) is 26.1 Å². The van der Waals surface area contributed by atoms with Gasteiger partial charge >= 0.3 is 11.9 Å². The number of fused-ring (bicyclic) bond motifs is 2. The van der Waals surface area contributed by atoms with E-state index in [1.165, 1.54) is 0 Å². The van der Waals surface area contributed by atoms with Crippen molar-refractivity contribution in [2.75, 3.05) is 66.7 Å². The van der Waals surface area contributed by atoms with Gasteiger partial charge in [0.1, 0.15) is 24.7 Å². The largest absolute Gasteiger partial charge is 0.497 e. The maximum atomic E-state index is 12.8. The first-order valence-corrected chi connectivity index (χ1v) is 15.3. The third-order valence-electron chi connectivity index (χ3n) is 8.62. The minimum absolute atomic E-state index is 0.212. The molecule has 0 aromatic heterocycles. The summed E-state index contributed by atoms with van der Waals surface area (Å²) in [6.45, 7) is 9.45. The second-order valence-corrected chi connectivity index (χ2v) is 11.4. The topological polar surface area (TPSA) is 77.5 Å². The average Bonchev–Trinajstić information content (AvgIpc) is 3.07. The molecule has 44 heavy (non-hydrogen) atoms. The normalized spacial score (nSPS) is 15.5. The third kappa shape index (κ3) is 7.68. The van der Waals surface area contributed by atoms with E-state index in [-0.39, 0.29) is 23.8 Å². The smallest absolute Gasteiger partial charge is 0.313 e. The Morgan fingerprint density at radius 1 is 0.591 bits per heavy atom. The lowest BCUT2D eigenvalue weighted by Crippen LogP contribution is -2.48. The van der Waals surface area contributed by atoms with Crippen LogP contribution in [0.1, 0.15) is 36.8 Å². The second-order valence-electron chi connectivity index (χ2n) is 11.4. The Morgan fingerprint density at radius 2 is 0.955 bits per heavy atom. The van der Waals surface area contributed by atoms with Crippen LogP contribution in [0.2, 0.25) is 0 Å². The van der Waals surface area contributed by atoms with Gasteiger partial charge in [-0.3, -0.25) is 19.4 Å². The van der Waals surface area contributed by atoms with E-state index in [1.54, 1.807) is 14.2 Å². The zero-order valence-electron chi connectivity index (χ0n) is 26.1. The average molecular weight is 599 g/mol. The van der Waals surface area contributed by atoms with Crippen molar-refractivity contribution < 1.29 is 28.5 Å². The van der Waals surface area contributed by atoms with Gasteiger partial charge in [0.25, 0.3) is 0 Å². The third-order valence-corrected chi connectivity index (χ3v) is 8.62. The highest BCUT2D eigenvalue weighted by molar-refractivity contribution is 5.88. The number of piperazine rings is 1. The van der Waals surface area contributed by atoms with E-state index in [0.717, 1.165) is 70.3 Å². The molecule has 232 valence electrons. The van der Waals surface area contributed by atoms with Crippen LogP contribution in [0, 0.1) is 0 Å². The molecule has 0 aliphatic carbocycles. The van der Waals surface area contributed by atoms with Gasteiger partial charge in [-0.1, -0.05) is 48.5 Å². The number of carbonyl (C=O) groups is 2. The molecule has 0 radical (unpaired) electrons. The number of carbonyl (C=O) groups excluding carboxylic acids is 2. The van der Waals surface area contributed by atoms with Crippen LogP contribution in [0.4, 0.5) is 0 Å². The molecule has 8 heteroatoms. The Kier molecular flexibility index (Phi) is 10.4. The van der Waals surface area contributed by atoms with E-state index >= 15 is 0 Å². The summed E-state index contributed by atoms with van der Waals surface area (Å²) in [5, 5.41) is 4.28. The lowest BCUT2D eigenvalue weighted by Gasteiger charge is -2.34. The van der Waals surface area contributed by atoms with Crippen LogP contribution in [-0.2, 0) is 19.1 Å². The zero-order valence-corrected chi connectivity index (χ0v) is 26.1. The molecule has 1 aliphatic rings. The minimum atomic E-state index is -0.339. The number of hydrogen-bond donors (Lipinski definition) is 0. The van der Waals surface area contributed by atoms with Crippen LogP contribution in [0.3, 0.4) is 0 Å². The van der Waals surface area contributed by atoms with Crippen molar-refractivity contribution in [2.45, 2.75) is 25.7 Å². The summed E-state index contributed by atoms with van der Waals surface area (Å²) < 4.78 is 21.9. The number of methoxy groups -OCH3 is 2. The molecule has 5 rings (SSSR count). The molecule has 2 atom stereocenters. The number of esters is 2. The van der Waals surface area contributed by atoms with Crippen molar-refractivity contribution >= 4 is 33.5 Å². The first kappa shape index (κ1) is 31.3. The molecule has 0 N–H and O–H groups in total. The molecular weight excluding hydrogens is 556 g/mol. The molecule has 4 aromatic carbocycles. The SMILES string of the molecule is COc1ccc2cc(C(C)C(=O)OCCN3CCN(CCOC(=O)C(C)c4ccc5cc(OC)ccc5c4)CC3)ccc2c1. The van der Waals surface area contributed by atoms with Crippen LogP contribution in [0.15, 0.2) is 72.8 Å². The number of hydrogen-bond acceptors (Lipinski definition) is 8. The molecule has 0 spiro atoms. The summed E-state index contributed by atoms with van der Waals surface area (Å²) in [6, 6.07) is 23.9. The number of nitrogens with zero attached hydrogens (tertiary/aromatic N) is 2.